The van der Waals surface area contributed by atoms with Crippen molar-refractivity contribution in [3.8, 4) is 11.1 Å². The highest BCUT2D eigenvalue weighted by molar-refractivity contribution is 7.98. The third kappa shape index (κ3) is 8.18. The van der Waals surface area contributed by atoms with Crippen LogP contribution >= 0.6 is 11.8 Å². The van der Waals surface area contributed by atoms with Crippen LogP contribution < -0.4 is 5.56 Å². The molecule has 0 unspecified atom stereocenters. The lowest BCUT2D eigenvalue weighted by atomic mass is 10.0. The van der Waals surface area contributed by atoms with Crippen LogP contribution in [0.25, 0.3) is 11.1 Å². The summed E-state index contributed by atoms with van der Waals surface area (Å²) in [6, 6.07) is 28.8. The van der Waals surface area contributed by atoms with E-state index in [1.54, 1.807) is 24.3 Å². The van der Waals surface area contributed by atoms with Crippen LogP contribution in [-0.4, -0.2) is 31.0 Å². The van der Waals surface area contributed by atoms with Gasteiger partial charge in [0.25, 0.3) is 5.56 Å². The topological polar surface area (TPSA) is 56.0 Å². The minimum absolute atomic E-state index is 0.175. The highest BCUT2D eigenvalue weighted by atomic mass is 32.2. The maximum absolute atomic E-state index is 13.6. The highest BCUT2D eigenvalue weighted by Gasteiger charge is 2.24. The van der Waals surface area contributed by atoms with Crippen molar-refractivity contribution < 1.29 is 13.2 Å². The first-order valence-corrected chi connectivity index (χ1v) is 18.0. The Hall–Kier alpha value is -4.93. The van der Waals surface area contributed by atoms with E-state index in [9.17, 15) is 18.0 Å². The first kappa shape index (κ1) is 34.5. The highest BCUT2D eigenvalue weighted by Crippen LogP contribution is 2.28. The SMILES string of the molecule is CN(Cc1ccc(F)cc1)Cc1cnc(Cn2c(SCc3ccc(F)cc3)nc(=O)c3c2CCC3)n1Cc1ccc(-c2ccc(CF)cc2)cc1. The maximum Gasteiger partial charge on any atom is 0.277 e. The van der Waals surface area contributed by atoms with Crippen molar-refractivity contribution in [1.82, 2.24) is 24.0 Å². The zero-order chi connectivity index (χ0) is 35.3. The molecule has 7 rings (SSSR count). The molecule has 0 radical (unpaired) electrons. The number of rotatable bonds is 13. The monoisotopic (exact) mass is 705 g/mol. The van der Waals surface area contributed by atoms with Gasteiger partial charge in [-0.1, -0.05) is 84.6 Å². The summed E-state index contributed by atoms with van der Waals surface area (Å²) in [5, 5.41) is 0.623. The lowest BCUT2D eigenvalue weighted by molar-refractivity contribution is 0.309. The summed E-state index contributed by atoms with van der Waals surface area (Å²) in [5.74, 6) is 0.839. The minimum atomic E-state index is -0.486. The predicted molar refractivity (Wildman–Crippen MR) is 195 cm³/mol. The van der Waals surface area contributed by atoms with Crippen molar-refractivity contribution >= 4 is 11.8 Å². The summed E-state index contributed by atoms with van der Waals surface area (Å²) in [6.07, 6.45) is 4.31. The Bertz CT molecular complexity index is 2160. The molecule has 0 N–H and O–H groups in total. The van der Waals surface area contributed by atoms with Gasteiger partial charge in [0, 0.05) is 42.8 Å². The molecule has 6 aromatic rings. The van der Waals surface area contributed by atoms with Gasteiger partial charge in [-0.25, -0.2) is 18.2 Å². The molecule has 1 aliphatic carbocycles. The van der Waals surface area contributed by atoms with Crippen molar-refractivity contribution in [1.29, 1.82) is 0 Å². The smallest absolute Gasteiger partial charge is 0.277 e. The van der Waals surface area contributed by atoms with E-state index < -0.39 is 6.67 Å². The zero-order valence-electron chi connectivity index (χ0n) is 28.4. The van der Waals surface area contributed by atoms with Gasteiger partial charge in [0.2, 0.25) is 0 Å². The molecule has 1 aliphatic rings. The first-order valence-electron chi connectivity index (χ1n) is 17.0. The van der Waals surface area contributed by atoms with E-state index in [1.165, 1.54) is 36.0 Å². The number of hydrogen-bond acceptors (Lipinski definition) is 5. The second-order valence-electron chi connectivity index (χ2n) is 13.1. The van der Waals surface area contributed by atoms with Crippen LogP contribution in [0.3, 0.4) is 0 Å². The third-order valence-corrected chi connectivity index (χ3v) is 10.4. The van der Waals surface area contributed by atoms with Gasteiger partial charge >= 0.3 is 0 Å². The van der Waals surface area contributed by atoms with E-state index in [0.29, 0.717) is 49.1 Å². The second-order valence-corrected chi connectivity index (χ2v) is 14.0. The molecule has 0 amide bonds. The van der Waals surface area contributed by atoms with Crippen LogP contribution in [-0.2, 0) is 51.4 Å². The first-order chi connectivity index (χ1) is 24.8. The Morgan fingerprint density at radius 3 is 1.98 bits per heavy atom. The normalized spacial score (nSPS) is 12.5. The van der Waals surface area contributed by atoms with Gasteiger partial charge in [-0.2, -0.15) is 4.98 Å². The Kier molecular flexibility index (Phi) is 10.5. The summed E-state index contributed by atoms with van der Waals surface area (Å²) >= 11 is 1.47. The summed E-state index contributed by atoms with van der Waals surface area (Å²) in [4.78, 5) is 24.8. The van der Waals surface area contributed by atoms with Crippen LogP contribution in [0.1, 0.15) is 51.5 Å². The number of thioether (sulfide) groups is 1. The van der Waals surface area contributed by atoms with Gasteiger partial charge in [0.15, 0.2) is 5.16 Å². The fraction of sp³-hybridized carbons (Fsp3) is 0.244. The van der Waals surface area contributed by atoms with Crippen LogP contribution in [0.2, 0.25) is 0 Å². The molecule has 10 heteroatoms. The van der Waals surface area contributed by atoms with E-state index in [1.807, 2.05) is 37.5 Å². The molecule has 0 spiro atoms. The predicted octanol–water partition coefficient (Wildman–Crippen LogP) is 8.36. The lowest BCUT2D eigenvalue weighted by Crippen LogP contribution is -2.24. The van der Waals surface area contributed by atoms with Gasteiger partial charge in [-0.15, -0.1) is 0 Å². The van der Waals surface area contributed by atoms with Crippen molar-refractivity contribution in [3.05, 3.63) is 170 Å². The minimum Gasteiger partial charge on any atom is -0.325 e. The fourth-order valence-electron chi connectivity index (χ4n) is 6.63. The number of imidazole rings is 1. The van der Waals surface area contributed by atoms with Crippen molar-refractivity contribution in [2.75, 3.05) is 7.05 Å². The summed E-state index contributed by atoms with van der Waals surface area (Å²) < 4.78 is 44.6. The number of hydrogen-bond donors (Lipinski definition) is 0. The molecule has 0 fully saturated rings. The number of halogens is 3. The molecule has 51 heavy (non-hydrogen) atoms. The van der Waals surface area contributed by atoms with Crippen molar-refractivity contribution in [2.45, 2.75) is 63.0 Å². The van der Waals surface area contributed by atoms with Crippen molar-refractivity contribution in [3.63, 3.8) is 0 Å². The van der Waals surface area contributed by atoms with Gasteiger partial charge in [0.05, 0.1) is 12.2 Å². The number of fused-ring (bicyclic) bond motifs is 1. The van der Waals surface area contributed by atoms with Gasteiger partial charge < -0.3 is 9.13 Å². The molecule has 0 atom stereocenters. The summed E-state index contributed by atoms with van der Waals surface area (Å²) in [7, 11) is 2.03. The van der Waals surface area contributed by atoms with Crippen LogP contribution in [0.15, 0.2) is 113 Å². The van der Waals surface area contributed by atoms with Crippen LogP contribution in [0.4, 0.5) is 13.2 Å². The number of benzene rings is 4. The van der Waals surface area contributed by atoms with Gasteiger partial charge in [-0.3, -0.25) is 9.69 Å². The average Bonchev–Trinajstić information content (AvgIpc) is 3.79. The van der Waals surface area contributed by atoms with Crippen LogP contribution in [0, 0.1) is 11.6 Å². The standard InChI is InChI=1S/C41H38F3N5OS/c1-47(23-29-9-17-34(43)18-10-29)25-36-22-45-39(48(36)24-30-7-15-33(16-8-30)32-13-5-28(21-42)6-14-32)26-49-38-4-2-3-37(38)40(50)46-41(49)51-27-31-11-19-35(44)20-12-31/h5-20,22H,2-4,21,23-27H2,1H3. The molecule has 260 valence electrons. The molecule has 2 aromatic heterocycles. The van der Waals surface area contributed by atoms with Gasteiger partial charge in [0.1, 0.15) is 24.1 Å². The van der Waals surface area contributed by atoms with E-state index in [-0.39, 0.29) is 17.2 Å². The third-order valence-electron chi connectivity index (χ3n) is 9.34. The second kappa shape index (κ2) is 15.5. The Balaban J connectivity index is 1.20. The maximum atomic E-state index is 13.6. The zero-order valence-corrected chi connectivity index (χ0v) is 29.2. The molecule has 0 aliphatic heterocycles. The Morgan fingerprint density at radius 1 is 0.725 bits per heavy atom. The van der Waals surface area contributed by atoms with E-state index in [4.69, 9.17) is 4.98 Å². The molecular formula is C41H38F3N5OS. The number of alkyl halides is 1. The molecule has 2 heterocycles. The quantitative estimate of drug-likeness (QED) is 0.0894. The molecule has 0 saturated carbocycles. The van der Waals surface area contributed by atoms with E-state index in [2.05, 4.69) is 43.3 Å². The Labute approximate surface area is 299 Å². The Morgan fingerprint density at radius 2 is 1.33 bits per heavy atom. The van der Waals surface area contributed by atoms with Crippen molar-refractivity contribution in [2.24, 2.45) is 0 Å². The number of nitrogens with zero attached hydrogens (tertiary/aromatic N) is 5. The summed E-state index contributed by atoms with van der Waals surface area (Å²) in [5.41, 5.74) is 8.39. The lowest BCUT2D eigenvalue weighted by Gasteiger charge is -2.21. The number of aromatic nitrogens is 4. The molecule has 4 aromatic carbocycles. The molecule has 0 bridgehead atoms. The largest absolute Gasteiger partial charge is 0.325 e. The van der Waals surface area contributed by atoms with E-state index in [0.717, 1.165) is 63.4 Å². The van der Waals surface area contributed by atoms with E-state index >= 15 is 0 Å². The van der Waals surface area contributed by atoms with Crippen LogP contribution in [0.5, 0.6) is 0 Å². The van der Waals surface area contributed by atoms with Gasteiger partial charge in [-0.05, 0) is 84.0 Å². The molecule has 6 nitrogen and oxygen atoms in total. The average molecular weight is 706 g/mol. The molecular weight excluding hydrogens is 668 g/mol. The summed E-state index contributed by atoms with van der Waals surface area (Å²) in [6.45, 7) is 1.76. The fourth-order valence-corrected chi connectivity index (χ4v) is 7.60. The molecule has 0 saturated heterocycles.